The lowest BCUT2D eigenvalue weighted by Gasteiger charge is -2.38. The third kappa shape index (κ3) is 3.56. The van der Waals surface area contributed by atoms with Crippen molar-refractivity contribution in [3.05, 3.63) is 78.1 Å². The van der Waals surface area contributed by atoms with Gasteiger partial charge in [-0.05, 0) is 42.0 Å². The number of methoxy groups -OCH3 is 1. The molecule has 1 N–H and O–H groups in total. The maximum atomic E-state index is 13.3. The number of ether oxygens (including phenoxy) is 2. The fraction of sp³-hybridized carbons (Fsp3) is 0.143. The molecule has 29 heavy (non-hydrogen) atoms. The minimum Gasteiger partial charge on any atom is -0.493 e. The smallest absolute Gasteiger partial charge is 0.387 e. The fourth-order valence-electron chi connectivity index (χ4n) is 3.31. The molecule has 1 atom stereocenters. The third-order valence-corrected chi connectivity index (χ3v) is 4.59. The molecule has 8 heteroatoms. The Hall–Kier alpha value is -3.68. The standard InChI is InChI=1S/C21H17F2N3O3/c1-28-18-12-13(6-7-17(18)29-21(22)23)19-25-16-5-3-2-4-15(16)20(27)26(19)14-8-10-24-11-9-14/h2-12,19,21,25H,1H3/t19-/m0/s1. The molecule has 0 aliphatic carbocycles. The minimum atomic E-state index is -2.97. The quantitative estimate of drug-likeness (QED) is 0.689. The molecule has 0 radical (unpaired) electrons. The number of amides is 1. The first kappa shape index (κ1) is 18.7. The Kier molecular flexibility index (Phi) is 4.99. The van der Waals surface area contributed by atoms with Gasteiger partial charge in [0.25, 0.3) is 5.91 Å². The van der Waals surface area contributed by atoms with Crippen molar-refractivity contribution in [2.24, 2.45) is 0 Å². The van der Waals surface area contributed by atoms with Crippen LogP contribution in [-0.4, -0.2) is 24.6 Å². The second-order valence-corrected chi connectivity index (χ2v) is 6.26. The number of hydrogen-bond donors (Lipinski definition) is 1. The summed E-state index contributed by atoms with van der Waals surface area (Å²) in [5.74, 6) is -0.128. The Morgan fingerprint density at radius 1 is 1.07 bits per heavy atom. The molecule has 1 aliphatic rings. The second-order valence-electron chi connectivity index (χ2n) is 6.26. The molecular weight excluding hydrogens is 380 g/mol. The van der Waals surface area contributed by atoms with Crippen LogP contribution in [0.15, 0.2) is 67.0 Å². The molecule has 2 heterocycles. The third-order valence-electron chi connectivity index (χ3n) is 4.59. The van der Waals surface area contributed by atoms with Crippen LogP contribution in [0.5, 0.6) is 11.5 Å². The van der Waals surface area contributed by atoms with Gasteiger partial charge in [0.1, 0.15) is 6.17 Å². The van der Waals surface area contributed by atoms with E-state index >= 15 is 0 Å². The van der Waals surface area contributed by atoms with E-state index in [4.69, 9.17) is 4.74 Å². The Balaban J connectivity index is 1.81. The molecule has 0 fully saturated rings. The number of rotatable bonds is 5. The number of hydrogen-bond acceptors (Lipinski definition) is 5. The van der Waals surface area contributed by atoms with E-state index < -0.39 is 12.8 Å². The molecule has 1 amide bonds. The van der Waals surface area contributed by atoms with E-state index in [9.17, 15) is 13.6 Å². The van der Waals surface area contributed by atoms with Crippen LogP contribution in [0.4, 0.5) is 20.2 Å². The van der Waals surface area contributed by atoms with Gasteiger partial charge in [0.15, 0.2) is 11.5 Å². The van der Waals surface area contributed by atoms with Gasteiger partial charge in [0.2, 0.25) is 0 Å². The molecule has 6 nitrogen and oxygen atoms in total. The van der Waals surface area contributed by atoms with Crippen molar-refractivity contribution in [2.45, 2.75) is 12.8 Å². The lowest BCUT2D eigenvalue weighted by atomic mass is 10.0. The van der Waals surface area contributed by atoms with Crippen molar-refractivity contribution in [2.75, 3.05) is 17.3 Å². The first-order chi connectivity index (χ1) is 14.1. The molecule has 4 rings (SSSR count). The van der Waals surface area contributed by atoms with Crippen LogP contribution in [0, 0.1) is 0 Å². The summed E-state index contributed by atoms with van der Waals surface area (Å²) < 4.78 is 35.0. The van der Waals surface area contributed by atoms with Crippen LogP contribution < -0.4 is 19.7 Å². The van der Waals surface area contributed by atoms with E-state index in [1.165, 1.54) is 13.2 Å². The summed E-state index contributed by atoms with van der Waals surface area (Å²) in [5, 5.41) is 3.34. The van der Waals surface area contributed by atoms with Gasteiger partial charge >= 0.3 is 6.61 Å². The molecule has 2 aromatic carbocycles. The molecule has 0 unspecified atom stereocenters. The topological polar surface area (TPSA) is 63.7 Å². The van der Waals surface area contributed by atoms with Gasteiger partial charge in [-0.15, -0.1) is 0 Å². The average molecular weight is 397 g/mol. The maximum Gasteiger partial charge on any atom is 0.387 e. The summed E-state index contributed by atoms with van der Waals surface area (Å²) in [6, 6.07) is 15.2. The molecule has 1 aromatic heterocycles. The summed E-state index contributed by atoms with van der Waals surface area (Å²) in [5.41, 5.74) is 2.50. The van der Waals surface area contributed by atoms with Crippen LogP contribution in [0.3, 0.4) is 0 Å². The number of nitrogens with zero attached hydrogens (tertiary/aromatic N) is 2. The number of halogens is 2. The van der Waals surface area contributed by atoms with Crippen LogP contribution >= 0.6 is 0 Å². The zero-order valence-corrected chi connectivity index (χ0v) is 15.4. The molecule has 0 saturated carbocycles. The lowest BCUT2D eigenvalue weighted by molar-refractivity contribution is -0.0512. The van der Waals surface area contributed by atoms with Crippen LogP contribution in [-0.2, 0) is 0 Å². The monoisotopic (exact) mass is 397 g/mol. The predicted octanol–water partition coefficient (Wildman–Crippen LogP) is 4.46. The van der Waals surface area contributed by atoms with E-state index in [-0.39, 0.29) is 17.4 Å². The second kappa shape index (κ2) is 7.75. The van der Waals surface area contributed by atoms with E-state index in [1.807, 2.05) is 12.1 Å². The minimum absolute atomic E-state index is 0.0794. The highest BCUT2D eigenvalue weighted by Gasteiger charge is 2.34. The van der Waals surface area contributed by atoms with Crippen molar-refractivity contribution in [1.29, 1.82) is 0 Å². The van der Waals surface area contributed by atoms with Crippen molar-refractivity contribution >= 4 is 17.3 Å². The van der Waals surface area contributed by atoms with Gasteiger partial charge in [0.05, 0.1) is 12.7 Å². The van der Waals surface area contributed by atoms with Crippen molar-refractivity contribution in [3.8, 4) is 11.5 Å². The number of aromatic nitrogens is 1. The van der Waals surface area contributed by atoms with Crippen molar-refractivity contribution in [3.63, 3.8) is 0 Å². The molecule has 148 valence electrons. The largest absolute Gasteiger partial charge is 0.493 e. The lowest BCUT2D eigenvalue weighted by Crippen LogP contribution is -2.43. The molecule has 0 bridgehead atoms. The number of pyridine rings is 1. The Bertz CT molecular complexity index is 1030. The van der Waals surface area contributed by atoms with Gasteiger partial charge in [-0.2, -0.15) is 8.78 Å². The summed E-state index contributed by atoms with van der Waals surface area (Å²) in [6.45, 7) is -2.97. The number of benzene rings is 2. The van der Waals surface area contributed by atoms with E-state index in [0.29, 0.717) is 22.5 Å². The molecule has 3 aromatic rings. The highest BCUT2D eigenvalue weighted by atomic mass is 19.3. The number of anilines is 2. The number of nitrogens with one attached hydrogen (secondary N) is 1. The highest BCUT2D eigenvalue weighted by molar-refractivity contribution is 6.12. The zero-order valence-electron chi connectivity index (χ0n) is 15.4. The van der Waals surface area contributed by atoms with Gasteiger partial charge in [-0.3, -0.25) is 14.7 Å². The van der Waals surface area contributed by atoms with Gasteiger partial charge < -0.3 is 14.8 Å². The molecule has 0 spiro atoms. The summed E-state index contributed by atoms with van der Waals surface area (Å²) in [4.78, 5) is 18.9. The summed E-state index contributed by atoms with van der Waals surface area (Å²) in [7, 11) is 1.37. The van der Waals surface area contributed by atoms with Crippen molar-refractivity contribution < 1.29 is 23.0 Å². The molecule has 1 aliphatic heterocycles. The summed E-state index contributed by atoms with van der Waals surface area (Å²) >= 11 is 0. The Labute approximate surface area is 165 Å². The van der Waals surface area contributed by atoms with Gasteiger partial charge in [0, 0.05) is 23.8 Å². The zero-order chi connectivity index (χ0) is 20.4. The van der Waals surface area contributed by atoms with Crippen LogP contribution in [0.1, 0.15) is 22.1 Å². The highest BCUT2D eigenvalue weighted by Crippen LogP contribution is 2.39. The van der Waals surface area contributed by atoms with E-state index in [1.54, 1.807) is 53.7 Å². The van der Waals surface area contributed by atoms with E-state index in [2.05, 4.69) is 15.0 Å². The number of fused-ring (bicyclic) bond motifs is 1. The molecule has 0 saturated heterocycles. The van der Waals surface area contributed by atoms with Gasteiger partial charge in [-0.1, -0.05) is 18.2 Å². The van der Waals surface area contributed by atoms with Crippen LogP contribution in [0.2, 0.25) is 0 Å². The number of carbonyl (C=O) groups is 1. The number of carbonyl (C=O) groups excluding carboxylic acids is 1. The first-order valence-electron chi connectivity index (χ1n) is 8.80. The van der Waals surface area contributed by atoms with Crippen molar-refractivity contribution in [1.82, 2.24) is 4.98 Å². The normalized spacial score (nSPS) is 15.7. The van der Waals surface area contributed by atoms with Gasteiger partial charge in [-0.25, -0.2) is 0 Å². The number of para-hydroxylation sites is 1. The Morgan fingerprint density at radius 3 is 2.55 bits per heavy atom. The first-order valence-corrected chi connectivity index (χ1v) is 8.80. The number of alkyl halides is 2. The SMILES string of the molecule is COc1cc([C@H]2Nc3ccccc3C(=O)N2c2ccncc2)ccc1OC(F)F. The fourth-order valence-corrected chi connectivity index (χ4v) is 3.31. The van der Waals surface area contributed by atoms with Crippen LogP contribution in [0.25, 0.3) is 0 Å². The van der Waals surface area contributed by atoms with E-state index in [0.717, 1.165) is 0 Å². The summed E-state index contributed by atoms with van der Waals surface area (Å²) in [6.07, 6.45) is 2.61. The Morgan fingerprint density at radius 2 is 1.83 bits per heavy atom. The predicted molar refractivity (Wildman–Crippen MR) is 103 cm³/mol. The average Bonchev–Trinajstić information content (AvgIpc) is 2.74. The molecular formula is C21H17F2N3O3. The maximum absolute atomic E-state index is 13.3.